The maximum atomic E-state index is 13.4. The van der Waals surface area contributed by atoms with E-state index < -0.39 is 29.5 Å². The Balaban J connectivity index is 1.49. The molecule has 0 spiro atoms. The van der Waals surface area contributed by atoms with Crippen LogP contribution in [0, 0.1) is 0 Å². The minimum absolute atomic E-state index is 0.0745. The molecule has 0 saturated carbocycles. The van der Waals surface area contributed by atoms with E-state index in [9.17, 15) is 14.4 Å². The van der Waals surface area contributed by atoms with Crippen molar-refractivity contribution in [1.29, 1.82) is 0 Å². The fourth-order valence-electron chi connectivity index (χ4n) is 4.12. The van der Waals surface area contributed by atoms with Gasteiger partial charge in [0.1, 0.15) is 17.2 Å². The third-order valence-corrected chi connectivity index (χ3v) is 6.33. The Hall–Kier alpha value is -3.90. The summed E-state index contributed by atoms with van der Waals surface area (Å²) in [6.45, 7) is 3.43. The highest BCUT2D eigenvalue weighted by Crippen LogP contribution is 2.33. The van der Waals surface area contributed by atoms with E-state index in [1.807, 2.05) is 91.0 Å². The molecule has 0 radical (unpaired) electrons. The highest BCUT2D eigenvalue weighted by molar-refractivity contribution is 6.27. The quantitative estimate of drug-likeness (QED) is 0.159. The SMILES string of the molecule is CC(C)=C(C(=O)OC(c1ccccc1)c1ccccc1)N1C(=O)[C@@H](NC(=O)Cc2ccccc2)[C@@H]1Cl. The number of carbonyl (C=O) groups excluding carboxylic acids is 3. The van der Waals surface area contributed by atoms with Gasteiger partial charge in [-0.1, -0.05) is 103 Å². The second kappa shape index (κ2) is 11.2. The summed E-state index contributed by atoms with van der Waals surface area (Å²) in [4.78, 5) is 40.1. The number of ether oxygens (including phenoxy) is 1. The zero-order chi connectivity index (χ0) is 25.7. The first-order valence-corrected chi connectivity index (χ1v) is 12.1. The molecule has 4 rings (SSSR count). The predicted octanol–water partition coefficient (Wildman–Crippen LogP) is 4.75. The van der Waals surface area contributed by atoms with Crippen LogP contribution in [0.5, 0.6) is 0 Å². The van der Waals surface area contributed by atoms with E-state index in [4.69, 9.17) is 16.3 Å². The normalized spacial score (nSPS) is 16.8. The highest BCUT2D eigenvalue weighted by atomic mass is 35.5. The van der Waals surface area contributed by atoms with E-state index >= 15 is 0 Å². The first kappa shape index (κ1) is 25.2. The average molecular weight is 503 g/mol. The summed E-state index contributed by atoms with van der Waals surface area (Å²) in [5.74, 6) is -1.44. The molecule has 0 bridgehead atoms. The Labute approximate surface area is 215 Å². The van der Waals surface area contributed by atoms with Gasteiger partial charge in [0.05, 0.1) is 6.42 Å². The number of rotatable bonds is 8. The number of halogens is 1. The smallest absolute Gasteiger partial charge is 0.355 e. The Morgan fingerprint density at radius 3 is 1.86 bits per heavy atom. The lowest BCUT2D eigenvalue weighted by molar-refractivity contribution is -0.154. The van der Waals surface area contributed by atoms with Gasteiger partial charge in [0, 0.05) is 0 Å². The molecule has 1 saturated heterocycles. The van der Waals surface area contributed by atoms with E-state index in [-0.39, 0.29) is 18.0 Å². The molecular weight excluding hydrogens is 476 g/mol. The first-order chi connectivity index (χ1) is 17.4. The molecule has 184 valence electrons. The van der Waals surface area contributed by atoms with Crippen LogP contribution in [0.2, 0.25) is 0 Å². The van der Waals surface area contributed by atoms with E-state index in [0.29, 0.717) is 5.57 Å². The zero-order valence-corrected chi connectivity index (χ0v) is 20.8. The van der Waals surface area contributed by atoms with Gasteiger partial charge in [0.2, 0.25) is 5.91 Å². The van der Waals surface area contributed by atoms with E-state index in [2.05, 4.69) is 5.32 Å². The average Bonchev–Trinajstić information content (AvgIpc) is 2.90. The standard InChI is InChI=1S/C29H27ClN2O4/c1-19(2)25(29(35)36-26(21-14-8-4-9-15-21)22-16-10-5-11-17-22)32-27(30)24(28(32)34)31-23(33)18-20-12-6-3-7-13-20/h3-17,24,26-27H,18H2,1-2H3,(H,31,33)/t24-,27+/m0/s1. The van der Waals surface area contributed by atoms with Gasteiger partial charge in [-0.25, -0.2) is 4.79 Å². The Morgan fingerprint density at radius 1 is 0.889 bits per heavy atom. The number of carbonyl (C=O) groups is 3. The summed E-state index contributed by atoms with van der Waals surface area (Å²) >= 11 is 6.52. The second-order valence-corrected chi connectivity index (χ2v) is 9.19. The van der Waals surface area contributed by atoms with Crippen molar-refractivity contribution in [3.05, 3.63) is 119 Å². The maximum Gasteiger partial charge on any atom is 0.355 e. The second-order valence-electron chi connectivity index (χ2n) is 8.74. The van der Waals surface area contributed by atoms with Crippen LogP contribution in [0.15, 0.2) is 102 Å². The molecule has 36 heavy (non-hydrogen) atoms. The minimum atomic E-state index is -0.927. The maximum absolute atomic E-state index is 13.4. The highest BCUT2D eigenvalue weighted by Gasteiger charge is 2.51. The van der Waals surface area contributed by atoms with Crippen molar-refractivity contribution in [3.8, 4) is 0 Å². The van der Waals surface area contributed by atoms with Crippen molar-refractivity contribution in [2.45, 2.75) is 37.9 Å². The fourth-order valence-corrected chi connectivity index (χ4v) is 4.48. The minimum Gasteiger partial charge on any atom is -0.448 e. The molecule has 1 aliphatic heterocycles. The van der Waals surface area contributed by atoms with Crippen molar-refractivity contribution in [3.63, 3.8) is 0 Å². The van der Waals surface area contributed by atoms with Gasteiger partial charge in [0.15, 0.2) is 6.10 Å². The van der Waals surface area contributed by atoms with Crippen molar-refractivity contribution in [2.75, 3.05) is 0 Å². The predicted molar refractivity (Wildman–Crippen MR) is 138 cm³/mol. The van der Waals surface area contributed by atoms with Gasteiger partial charge in [-0.05, 0) is 36.1 Å². The molecule has 1 heterocycles. The number of likely N-dealkylation sites (tertiary alicyclic amines) is 1. The number of benzene rings is 3. The molecule has 0 aliphatic carbocycles. The van der Waals surface area contributed by atoms with Crippen molar-refractivity contribution >= 4 is 29.4 Å². The molecule has 0 aromatic heterocycles. The number of hydrogen-bond acceptors (Lipinski definition) is 4. The first-order valence-electron chi connectivity index (χ1n) is 11.7. The van der Waals surface area contributed by atoms with Crippen molar-refractivity contribution in [2.24, 2.45) is 0 Å². The molecule has 7 heteroatoms. The number of hydrogen-bond donors (Lipinski definition) is 1. The van der Waals surface area contributed by atoms with Gasteiger partial charge >= 0.3 is 5.97 Å². The van der Waals surface area contributed by atoms with Crippen LogP contribution in [0.3, 0.4) is 0 Å². The lowest BCUT2D eigenvalue weighted by atomic mass is 10.0. The molecule has 2 amide bonds. The molecule has 2 atom stereocenters. The number of allylic oxidation sites excluding steroid dienone is 1. The van der Waals surface area contributed by atoms with Crippen LogP contribution in [0.25, 0.3) is 0 Å². The third-order valence-electron chi connectivity index (χ3n) is 5.89. The molecule has 0 unspecified atom stereocenters. The monoisotopic (exact) mass is 502 g/mol. The summed E-state index contributed by atoms with van der Waals surface area (Å²) in [6.07, 6.45) is -0.539. The zero-order valence-electron chi connectivity index (χ0n) is 20.1. The molecule has 1 aliphatic rings. The molecule has 1 fully saturated rings. The van der Waals surface area contributed by atoms with Crippen molar-refractivity contribution in [1.82, 2.24) is 10.2 Å². The van der Waals surface area contributed by atoms with Crippen LogP contribution < -0.4 is 5.32 Å². The van der Waals surface area contributed by atoms with E-state index in [1.165, 1.54) is 4.90 Å². The summed E-state index contributed by atoms with van der Waals surface area (Å²) < 4.78 is 5.96. The lowest BCUT2D eigenvalue weighted by Gasteiger charge is -2.44. The van der Waals surface area contributed by atoms with Gasteiger partial charge in [0.25, 0.3) is 5.91 Å². The topological polar surface area (TPSA) is 75.7 Å². The van der Waals surface area contributed by atoms with E-state index in [0.717, 1.165) is 16.7 Å². The molecule has 3 aromatic carbocycles. The Bertz CT molecular complexity index is 1220. The summed E-state index contributed by atoms with van der Waals surface area (Å²) in [6, 6.07) is 27.1. The Kier molecular flexibility index (Phi) is 7.86. The van der Waals surface area contributed by atoms with Crippen LogP contribution >= 0.6 is 11.6 Å². The largest absolute Gasteiger partial charge is 0.448 e. The molecule has 1 N–H and O–H groups in total. The third kappa shape index (κ3) is 5.50. The molecular formula is C29H27ClN2O4. The van der Waals surface area contributed by atoms with Gasteiger partial charge in [-0.2, -0.15) is 0 Å². The van der Waals surface area contributed by atoms with Crippen LogP contribution in [-0.4, -0.2) is 34.2 Å². The number of amides is 2. The van der Waals surface area contributed by atoms with Crippen LogP contribution in [-0.2, 0) is 25.5 Å². The van der Waals surface area contributed by atoms with Crippen LogP contribution in [0.4, 0.5) is 0 Å². The molecule has 6 nitrogen and oxygen atoms in total. The number of nitrogens with zero attached hydrogens (tertiary/aromatic N) is 1. The summed E-state index contributed by atoms with van der Waals surface area (Å²) in [7, 11) is 0. The number of alkyl halides is 1. The molecule has 3 aromatic rings. The number of nitrogens with one attached hydrogen (secondary N) is 1. The summed E-state index contributed by atoms with van der Waals surface area (Å²) in [5.41, 5.74) is 2.16. The number of β-lactam (4-membered cyclic amide) rings is 1. The van der Waals surface area contributed by atoms with Crippen molar-refractivity contribution < 1.29 is 19.1 Å². The Morgan fingerprint density at radius 2 is 1.39 bits per heavy atom. The summed E-state index contributed by atoms with van der Waals surface area (Å²) in [5, 5.41) is 2.68. The van der Waals surface area contributed by atoms with Gasteiger partial charge < -0.3 is 10.1 Å². The number of esters is 1. The van der Waals surface area contributed by atoms with Gasteiger partial charge in [-0.3, -0.25) is 14.5 Å². The fraction of sp³-hybridized carbons (Fsp3) is 0.207. The lowest BCUT2D eigenvalue weighted by Crippen LogP contribution is -2.68. The van der Waals surface area contributed by atoms with E-state index in [1.54, 1.807) is 13.8 Å². The van der Waals surface area contributed by atoms with Crippen LogP contribution in [0.1, 0.15) is 36.6 Å². The van der Waals surface area contributed by atoms with Gasteiger partial charge in [-0.15, -0.1) is 0 Å².